The average molecular weight is 304 g/mol. The van der Waals surface area contributed by atoms with E-state index in [4.69, 9.17) is 5.84 Å². The molecule has 0 heterocycles. The first-order valence-corrected chi connectivity index (χ1v) is 9.46. The molecule has 0 aliphatic heterocycles. The lowest BCUT2D eigenvalue weighted by Crippen LogP contribution is -2.57. The molecule has 0 spiro atoms. The molecule has 0 aromatic rings. The van der Waals surface area contributed by atoms with E-state index in [1.54, 1.807) is 0 Å². The Labute approximate surface area is 134 Å². The number of hydrazone groups is 1. The lowest BCUT2D eigenvalue weighted by Gasteiger charge is -2.61. The Balaban J connectivity index is 1.69. The van der Waals surface area contributed by atoms with Gasteiger partial charge < -0.3 is 10.9 Å². The summed E-state index contributed by atoms with van der Waals surface area (Å²) in [6.07, 6.45) is 11.1. The third kappa shape index (κ3) is 1.81. The molecule has 3 N–H and O–H groups in total. The maximum atomic E-state index is 10.9. The molecule has 0 bridgehead atoms. The molecule has 3 heteroatoms. The fourth-order valence-corrected chi connectivity index (χ4v) is 7.36. The third-order valence-electron chi connectivity index (χ3n) is 8.49. The minimum Gasteiger partial charge on any atom is -0.393 e. The van der Waals surface area contributed by atoms with Crippen LogP contribution in [-0.2, 0) is 0 Å². The summed E-state index contributed by atoms with van der Waals surface area (Å²) in [5, 5.41) is 15.0. The molecular formula is C19H32N2O. The summed E-state index contributed by atoms with van der Waals surface area (Å²) >= 11 is 0. The van der Waals surface area contributed by atoms with Gasteiger partial charge >= 0.3 is 0 Å². The summed E-state index contributed by atoms with van der Waals surface area (Å²) < 4.78 is 0. The van der Waals surface area contributed by atoms with E-state index < -0.39 is 0 Å². The van der Waals surface area contributed by atoms with Gasteiger partial charge in [0.25, 0.3) is 0 Å². The monoisotopic (exact) mass is 304 g/mol. The van der Waals surface area contributed by atoms with Crippen LogP contribution in [0.5, 0.6) is 0 Å². The molecule has 7 atom stereocenters. The third-order valence-corrected chi connectivity index (χ3v) is 8.49. The van der Waals surface area contributed by atoms with Gasteiger partial charge in [0.15, 0.2) is 0 Å². The Morgan fingerprint density at radius 3 is 2.64 bits per heavy atom. The molecule has 3 nitrogen and oxygen atoms in total. The van der Waals surface area contributed by atoms with Gasteiger partial charge in [0.05, 0.1) is 6.10 Å². The summed E-state index contributed by atoms with van der Waals surface area (Å²) in [4.78, 5) is 0. The lowest BCUT2D eigenvalue weighted by atomic mass is 9.44. The van der Waals surface area contributed by atoms with E-state index in [2.05, 4.69) is 18.9 Å². The molecule has 0 aromatic carbocycles. The first-order valence-electron chi connectivity index (χ1n) is 9.46. The standard InChI is InChI=1S/C19H32N2O/c1-18-9-4-3-5-15(18)16(22)11-12-13-6-7-17(21-20)19(13,2)10-8-14(12)18/h12-16,22H,3-11,20H2,1-2H3/t12-,13-,14-,15?,16?,18+,19-/m0/s1. The molecule has 4 fully saturated rings. The predicted octanol–water partition coefficient (Wildman–Crippen LogP) is 3.70. The summed E-state index contributed by atoms with van der Waals surface area (Å²) in [7, 11) is 0. The Morgan fingerprint density at radius 2 is 1.86 bits per heavy atom. The van der Waals surface area contributed by atoms with Crippen molar-refractivity contribution in [1.29, 1.82) is 0 Å². The molecule has 22 heavy (non-hydrogen) atoms. The van der Waals surface area contributed by atoms with E-state index in [9.17, 15) is 5.11 Å². The smallest absolute Gasteiger partial charge is 0.0576 e. The van der Waals surface area contributed by atoms with Gasteiger partial charge in [-0.25, -0.2) is 0 Å². The van der Waals surface area contributed by atoms with Gasteiger partial charge in [-0.1, -0.05) is 26.7 Å². The first kappa shape index (κ1) is 15.0. The van der Waals surface area contributed by atoms with Gasteiger partial charge in [-0.15, -0.1) is 0 Å². The van der Waals surface area contributed by atoms with E-state index in [1.807, 2.05) is 0 Å². The molecule has 2 unspecified atom stereocenters. The van der Waals surface area contributed by atoms with Crippen molar-refractivity contribution in [3.05, 3.63) is 0 Å². The molecular weight excluding hydrogens is 272 g/mol. The summed E-state index contributed by atoms with van der Waals surface area (Å²) in [6, 6.07) is 0. The number of rotatable bonds is 0. The first-order chi connectivity index (χ1) is 10.5. The molecule has 124 valence electrons. The van der Waals surface area contributed by atoms with Gasteiger partial charge in [0.1, 0.15) is 0 Å². The highest BCUT2D eigenvalue weighted by Gasteiger charge is 2.60. The maximum Gasteiger partial charge on any atom is 0.0576 e. The van der Waals surface area contributed by atoms with Crippen LogP contribution in [0.1, 0.15) is 71.6 Å². The average Bonchev–Trinajstić information content (AvgIpc) is 2.84. The van der Waals surface area contributed by atoms with Crippen molar-refractivity contribution in [2.75, 3.05) is 0 Å². The zero-order valence-corrected chi connectivity index (χ0v) is 14.2. The van der Waals surface area contributed by atoms with Crippen molar-refractivity contribution in [2.45, 2.75) is 77.7 Å². The van der Waals surface area contributed by atoms with E-state index in [-0.39, 0.29) is 11.5 Å². The second-order valence-electron chi connectivity index (χ2n) is 9.11. The lowest BCUT2D eigenvalue weighted by molar-refractivity contribution is -0.147. The summed E-state index contributed by atoms with van der Waals surface area (Å²) in [5.41, 5.74) is 1.85. The molecule has 0 radical (unpaired) electrons. The Kier molecular flexibility index (Phi) is 3.38. The zero-order chi connectivity index (χ0) is 15.5. The maximum absolute atomic E-state index is 10.9. The Hall–Kier alpha value is -0.570. The van der Waals surface area contributed by atoms with Crippen LogP contribution in [0.4, 0.5) is 0 Å². The Bertz CT molecular complexity index is 490. The van der Waals surface area contributed by atoms with Gasteiger partial charge in [-0.2, -0.15) is 5.10 Å². The highest BCUT2D eigenvalue weighted by atomic mass is 16.3. The van der Waals surface area contributed by atoms with E-state index in [0.717, 1.165) is 18.8 Å². The number of hydrogen-bond acceptors (Lipinski definition) is 3. The molecule has 4 aliphatic rings. The molecule has 0 saturated heterocycles. The van der Waals surface area contributed by atoms with Crippen LogP contribution in [0.3, 0.4) is 0 Å². The van der Waals surface area contributed by atoms with Gasteiger partial charge in [-0.05, 0) is 74.0 Å². The molecule has 4 saturated carbocycles. The highest BCUT2D eigenvalue weighted by molar-refractivity contribution is 5.92. The van der Waals surface area contributed by atoms with Gasteiger partial charge in [0, 0.05) is 11.1 Å². The van der Waals surface area contributed by atoms with Crippen LogP contribution in [0, 0.1) is 34.5 Å². The number of hydrogen-bond donors (Lipinski definition) is 2. The molecule has 4 rings (SSSR count). The van der Waals surface area contributed by atoms with Crippen LogP contribution in [0.2, 0.25) is 0 Å². The van der Waals surface area contributed by atoms with Crippen LogP contribution < -0.4 is 5.84 Å². The number of fused-ring (bicyclic) bond motifs is 5. The van der Waals surface area contributed by atoms with Crippen LogP contribution in [0.15, 0.2) is 5.10 Å². The molecule has 0 amide bonds. The van der Waals surface area contributed by atoms with Crippen molar-refractivity contribution in [3.8, 4) is 0 Å². The van der Waals surface area contributed by atoms with E-state index in [0.29, 0.717) is 23.2 Å². The fourth-order valence-electron chi connectivity index (χ4n) is 7.36. The van der Waals surface area contributed by atoms with Crippen molar-refractivity contribution in [2.24, 2.45) is 45.4 Å². The van der Waals surface area contributed by atoms with Crippen LogP contribution in [0.25, 0.3) is 0 Å². The van der Waals surface area contributed by atoms with Crippen LogP contribution in [-0.4, -0.2) is 16.9 Å². The summed E-state index contributed by atoms with van der Waals surface area (Å²) in [5.74, 6) is 8.44. The number of aliphatic hydroxyl groups is 1. The van der Waals surface area contributed by atoms with Crippen molar-refractivity contribution < 1.29 is 5.11 Å². The quantitative estimate of drug-likeness (QED) is 0.529. The topological polar surface area (TPSA) is 58.6 Å². The van der Waals surface area contributed by atoms with Crippen molar-refractivity contribution >= 4 is 5.71 Å². The minimum absolute atomic E-state index is 0.0761. The number of nitrogens with zero attached hydrogens (tertiary/aromatic N) is 1. The van der Waals surface area contributed by atoms with Crippen molar-refractivity contribution in [3.63, 3.8) is 0 Å². The second kappa shape index (κ2) is 4.96. The van der Waals surface area contributed by atoms with E-state index >= 15 is 0 Å². The largest absolute Gasteiger partial charge is 0.393 e. The number of nitrogens with two attached hydrogens (primary N) is 1. The SMILES string of the molecule is C[C@]12CCCCC1C(O)C[C@@H]1[C@@H]2CC[C@]2(C)C(=NN)CC[C@@H]12. The summed E-state index contributed by atoms with van der Waals surface area (Å²) in [6.45, 7) is 4.90. The Morgan fingerprint density at radius 1 is 1.05 bits per heavy atom. The minimum atomic E-state index is -0.0761. The number of aliphatic hydroxyl groups excluding tert-OH is 1. The van der Waals surface area contributed by atoms with Gasteiger partial charge in [0.2, 0.25) is 0 Å². The molecule has 4 aliphatic carbocycles. The van der Waals surface area contributed by atoms with E-state index in [1.165, 1.54) is 50.7 Å². The second-order valence-corrected chi connectivity index (χ2v) is 9.11. The highest BCUT2D eigenvalue weighted by Crippen LogP contribution is 2.65. The van der Waals surface area contributed by atoms with Crippen LogP contribution >= 0.6 is 0 Å². The normalized spacial score (nSPS) is 56.3. The predicted molar refractivity (Wildman–Crippen MR) is 89.4 cm³/mol. The fraction of sp³-hybridized carbons (Fsp3) is 0.947. The molecule has 0 aromatic heterocycles. The van der Waals surface area contributed by atoms with Crippen molar-refractivity contribution in [1.82, 2.24) is 0 Å². The van der Waals surface area contributed by atoms with Gasteiger partial charge in [-0.3, -0.25) is 0 Å². The zero-order valence-electron chi connectivity index (χ0n) is 14.2.